The van der Waals surface area contributed by atoms with Crippen molar-refractivity contribution in [2.24, 2.45) is 11.8 Å². The van der Waals surface area contributed by atoms with Crippen molar-refractivity contribution in [3.05, 3.63) is 63.7 Å². The topological polar surface area (TPSA) is 99.6 Å². The van der Waals surface area contributed by atoms with Gasteiger partial charge in [-0.3, -0.25) is 19.5 Å². The van der Waals surface area contributed by atoms with Gasteiger partial charge in [-0.2, -0.15) is 0 Å². The van der Waals surface area contributed by atoms with Gasteiger partial charge in [-0.15, -0.1) is 0 Å². The van der Waals surface area contributed by atoms with Gasteiger partial charge in [0.1, 0.15) is 0 Å². The number of aromatic amines is 1. The molecular formula is C23H27N5O3. The largest absolute Gasteiger partial charge is 0.338 e. The molecule has 2 unspecified atom stereocenters. The molecule has 0 saturated carbocycles. The number of H-pyrrole nitrogens is 1. The zero-order valence-electron chi connectivity index (χ0n) is 18.0. The molecule has 4 rings (SSSR count). The lowest BCUT2D eigenvalue weighted by Crippen LogP contribution is -2.42. The van der Waals surface area contributed by atoms with Gasteiger partial charge in [0.2, 0.25) is 5.91 Å². The highest BCUT2D eigenvalue weighted by Crippen LogP contribution is 2.25. The first kappa shape index (κ1) is 20.8. The Kier molecular flexibility index (Phi) is 5.63. The van der Waals surface area contributed by atoms with Gasteiger partial charge in [-0.25, -0.2) is 9.50 Å². The van der Waals surface area contributed by atoms with Crippen LogP contribution in [0.15, 0.2) is 41.3 Å². The highest BCUT2D eigenvalue weighted by atomic mass is 16.2. The SMILES string of the molecule is Cc1nc2cc[nH]n2c(=O)c1CC(=O)Nc1ccccc1C(=O)N1CC(C)CC(C)C1. The Hall–Kier alpha value is -3.42. The van der Waals surface area contributed by atoms with Crippen LogP contribution in [0.4, 0.5) is 5.69 Å². The van der Waals surface area contributed by atoms with Crippen LogP contribution in [0.2, 0.25) is 0 Å². The molecule has 3 heterocycles. The Morgan fingerprint density at radius 2 is 1.87 bits per heavy atom. The van der Waals surface area contributed by atoms with Crippen molar-refractivity contribution in [2.45, 2.75) is 33.6 Å². The number of benzene rings is 1. The van der Waals surface area contributed by atoms with Crippen molar-refractivity contribution in [2.75, 3.05) is 18.4 Å². The fraction of sp³-hybridized carbons (Fsp3) is 0.391. The summed E-state index contributed by atoms with van der Waals surface area (Å²) < 4.78 is 1.31. The minimum Gasteiger partial charge on any atom is -0.338 e. The molecule has 1 aliphatic rings. The molecule has 2 amide bonds. The molecule has 0 spiro atoms. The van der Waals surface area contributed by atoms with Crippen molar-refractivity contribution < 1.29 is 9.59 Å². The maximum absolute atomic E-state index is 13.2. The van der Waals surface area contributed by atoms with E-state index in [0.717, 1.165) is 6.42 Å². The monoisotopic (exact) mass is 421 g/mol. The third-order valence-electron chi connectivity index (χ3n) is 5.77. The highest BCUT2D eigenvalue weighted by molar-refractivity contribution is 6.04. The number of para-hydroxylation sites is 1. The number of nitrogens with one attached hydrogen (secondary N) is 2. The van der Waals surface area contributed by atoms with Crippen molar-refractivity contribution in [1.82, 2.24) is 19.5 Å². The lowest BCUT2D eigenvalue weighted by molar-refractivity contribution is -0.115. The molecule has 31 heavy (non-hydrogen) atoms. The average molecular weight is 422 g/mol. The number of fused-ring (bicyclic) bond motifs is 1. The van der Waals surface area contributed by atoms with Crippen LogP contribution >= 0.6 is 0 Å². The molecular weight excluding hydrogens is 394 g/mol. The van der Waals surface area contributed by atoms with E-state index >= 15 is 0 Å². The fourth-order valence-corrected chi connectivity index (χ4v) is 4.44. The van der Waals surface area contributed by atoms with E-state index in [4.69, 9.17) is 0 Å². The lowest BCUT2D eigenvalue weighted by Gasteiger charge is -2.35. The summed E-state index contributed by atoms with van der Waals surface area (Å²) in [6.45, 7) is 7.44. The molecule has 2 atom stereocenters. The molecule has 1 fully saturated rings. The van der Waals surface area contributed by atoms with E-state index in [2.05, 4.69) is 29.2 Å². The van der Waals surface area contributed by atoms with Gasteiger partial charge in [-0.1, -0.05) is 26.0 Å². The van der Waals surface area contributed by atoms with Gasteiger partial charge in [0.15, 0.2) is 5.65 Å². The molecule has 8 nitrogen and oxygen atoms in total. The van der Waals surface area contributed by atoms with Crippen LogP contribution < -0.4 is 10.9 Å². The Morgan fingerprint density at radius 3 is 2.61 bits per heavy atom. The van der Waals surface area contributed by atoms with Crippen molar-refractivity contribution >= 4 is 23.1 Å². The summed E-state index contributed by atoms with van der Waals surface area (Å²) in [6, 6.07) is 8.71. The number of carbonyl (C=O) groups is 2. The van der Waals surface area contributed by atoms with E-state index in [-0.39, 0.29) is 23.8 Å². The Bertz CT molecular complexity index is 1190. The number of nitrogens with zero attached hydrogens (tertiary/aromatic N) is 3. The average Bonchev–Trinajstić information content (AvgIpc) is 3.19. The van der Waals surface area contributed by atoms with E-state index in [1.165, 1.54) is 4.52 Å². The Balaban J connectivity index is 1.55. The molecule has 0 radical (unpaired) electrons. The first-order chi connectivity index (χ1) is 14.8. The number of rotatable bonds is 4. The van der Waals surface area contributed by atoms with Gasteiger partial charge < -0.3 is 10.2 Å². The molecule has 1 aliphatic heterocycles. The first-order valence-corrected chi connectivity index (χ1v) is 10.6. The van der Waals surface area contributed by atoms with Crippen LogP contribution in [0.5, 0.6) is 0 Å². The van der Waals surface area contributed by atoms with Gasteiger partial charge >= 0.3 is 0 Å². The molecule has 1 saturated heterocycles. The summed E-state index contributed by atoms with van der Waals surface area (Å²) in [5.41, 5.74) is 1.95. The number of amides is 2. The van der Waals surface area contributed by atoms with Gasteiger partial charge in [-0.05, 0) is 37.3 Å². The third-order valence-corrected chi connectivity index (χ3v) is 5.77. The maximum Gasteiger partial charge on any atom is 0.276 e. The zero-order chi connectivity index (χ0) is 22.1. The molecule has 2 aromatic heterocycles. The molecule has 8 heteroatoms. The minimum absolute atomic E-state index is 0.0833. The van der Waals surface area contributed by atoms with Gasteiger partial charge in [0.25, 0.3) is 11.5 Å². The van der Waals surface area contributed by atoms with Gasteiger partial charge in [0, 0.05) is 36.6 Å². The van der Waals surface area contributed by atoms with Crippen LogP contribution in [-0.2, 0) is 11.2 Å². The van der Waals surface area contributed by atoms with Crippen LogP contribution in [0.25, 0.3) is 5.65 Å². The molecule has 3 aromatic rings. The second-order valence-electron chi connectivity index (χ2n) is 8.56. The van der Waals surface area contributed by atoms with Crippen molar-refractivity contribution in [3.8, 4) is 0 Å². The minimum atomic E-state index is -0.367. The van der Waals surface area contributed by atoms with Crippen LogP contribution in [-0.4, -0.2) is 44.4 Å². The number of hydrogen-bond donors (Lipinski definition) is 2. The second kappa shape index (κ2) is 8.37. The normalized spacial score (nSPS) is 18.9. The summed E-state index contributed by atoms with van der Waals surface area (Å²) in [5.74, 6) is 0.441. The van der Waals surface area contributed by atoms with E-state index in [9.17, 15) is 14.4 Å². The number of piperidine rings is 1. The number of aromatic nitrogens is 3. The third kappa shape index (κ3) is 4.23. The van der Waals surface area contributed by atoms with Gasteiger partial charge in [0.05, 0.1) is 17.7 Å². The number of aryl methyl sites for hydroxylation is 1. The second-order valence-corrected chi connectivity index (χ2v) is 8.56. The molecule has 2 N–H and O–H groups in total. The Morgan fingerprint density at radius 1 is 1.16 bits per heavy atom. The molecule has 1 aromatic carbocycles. The number of carbonyl (C=O) groups excluding carboxylic acids is 2. The van der Waals surface area contributed by atoms with E-state index in [1.807, 2.05) is 4.90 Å². The summed E-state index contributed by atoms with van der Waals surface area (Å²) >= 11 is 0. The van der Waals surface area contributed by atoms with E-state index in [0.29, 0.717) is 53.1 Å². The summed E-state index contributed by atoms with van der Waals surface area (Å²) in [7, 11) is 0. The van der Waals surface area contributed by atoms with E-state index < -0.39 is 0 Å². The molecule has 0 bridgehead atoms. The smallest absolute Gasteiger partial charge is 0.276 e. The first-order valence-electron chi connectivity index (χ1n) is 10.6. The predicted molar refractivity (Wildman–Crippen MR) is 118 cm³/mol. The van der Waals surface area contributed by atoms with Crippen LogP contribution in [0.3, 0.4) is 0 Å². The van der Waals surface area contributed by atoms with Crippen LogP contribution in [0.1, 0.15) is 41.9 Å². The fourth-order valence-electron chi connectivity index (χ4n) is 4.44. The quantitative estimate of drug-likeness (QED) is 0.676. The summed E-state index contributed by atoms with van der Waals surface area (Å²) in [5, 5.41) is 5.63. The van der Waals surface area contributed by atoms with E-state index in [1.54, 1.807) is 43.5 Å². The van der Waals surface area contributed by atoms with Crippen molar-refractivity contribution in [1.29, 1.82) is 0 Å². The standard InChI is InChI=1S/C23H27N5O3/c1-14-10-15(2)13-27(12-14)22(30)17-6-4-5-7-19(17)26-21(29)11-18-16(3)25-20-8-9-24-28(20)23(18)31/h4-9,14-15,24H,10-13H2,1-3H3,(H,26,29). The Labute approximate surface area is 180 Å². The number of anilines is 1. The number of likely N-dealkylation sites (tertiary alicyclic amines) is 1. The zero-order valence-corrected chi connectivity index (χ0v) is 18.0. The summed E-state index contributed by atoms with van der Waals surface area (Å²) in [4.78, 5) is 44.9. The van der Waals surface area contributed by atoms with Crippen LogP contribution in [0, 0.1) is 18.8 Å². The molecule has 162 valence electrons. The maximum atomic E-state index is 13.2. The predicted octanol–water partition coefficient (Wildman–Crippen LogP) is 2.63. The highest BCUT2D eigenvalue weighted by Gasteiger charge is 2.27. The van der Waals surface area contributed by atoms with Crippen molar-refractivity contribution in [3.63, 3.8) is 0 Å². The summed E-state index contributed by atoms with van der Waals surface area (Å²) in [6.07, 6.45) is 2.60. The lowest BCUT2D eigenvalue weighted by atomic mass is 9.91. The molecule has 0 aliphatic carbocycles. The number of hydrogen-bond acceptors (Lipinski definition) is 4.